The number of hydrogen-bond acceptors (Lipinski definition) is 8. The highest BCUT2D eigenvalue weighted by Gasteiger charge is 2.21. The Kier molecular flexibility index (Phi) is 15.4. The highest BCUT2D eigenvalue weighted by atomic mass is 16.2. The van der Waals surface area contributed by atoms with E-state index in [4.69, 9.17) is 0 Å². The molecule has 0 aliphatic rings. The molecule has 6 heterocycles. The van der Waals surface area contributed by atoms with Gasteiger partial charge in [0, 0.05) is 93.4 Å². The summed E-state index contributed by atoms with van der Waals surface area (Å²) < 4.78 is 3.89. The lowest BCUT2D eigenvalue weighted by Gasteiger charge is -2.14. The number of nitrogens with one attached hydrogen (secondary N) is 4. The van der Waals surface area contributed by atoms with Gasteiger partial charge in [-0.15, -0.1) is 0 Å². The van der Waals surface area contributed by atoms with Gasteiger partial charge in [-0.05, 0) is 137 Å². The minimum Gasteiger partial charge on any atom is -0.348 e. The van der Waals surface area contributed by atoms with Gasteiger partial charge in [-0.3, -0.25) is 38.5 Å². The van der Waals surface area contributed by atoms with Gasteiger partial charge >= 0.3 is 0 Å². The summed E-state index contributed by atoms with van der Waals surface area (Å²) >= 11 is 0. The molecule has 0 fully saturated rings. The molecule has 0 aliphatic carbocycles. The number of aromatic amines is 2. The zero-order chi connectivity index (χ0) is 50.6. The maximum absolute atomic E-state index is 13.4. The first-order valence-corrected chi connectivity index (χ1v) is 24.3. The van der Waals surface area contributed by atoms with Gasteiger partial charge in [0.25, 0.3) is 22.9 Å². The van der Waals surface area contributed by atoms with Crippen LogP contribution in [0.1, 0.15) is 158 Å². The molecule has 2 amide bonds. The van der Waals surface area contributed by atoms with Crippen molar-refractivity contribution < 1.29 is 9.59 Å². The van der Waals surface area contributed by atoms with E-state index in [-0.39, 0.29) is 48.1 Å². The summed E-state index contributed by atoms with van der Waals surface area (Å²) in [5, 5.41) is 16.6. The van der Waals surface area contributed by atoms with Crippen LogP contribution in [0.5, 0.6) is 0 Å². The first-order chi connectivity index (χ1) is 33.4. The van der Waals surface area contributed by atoms with Gasteiger partial charge in [-0.1, -0.05) is 53.7 Å². The lowest BCUT2D eigenvalue weighted by Crippen LogP contribution is -2.28. The summed E-state index contributed by atoms with van der Waals surface area (Å²) in [6, 6.07) is 20.2. The minimum absolute atomic E-state index is 0.137. The highest BCUT2D eigenvalue weighted by molar-refractivity contribution is 6.09. The van der Waals surface area contributed by atoms with Crippen LogP contribution in [-0.2, 0) is 19.5 Å². The molecule has 1 unspecified atom stereocenters. The SMILES string of the molecule is CCC(C)n1ncc2c(C(=O)NCc3c(C)cc(C)[nH]c3=O)cc(-c3ccc(C(C)C)nc3)cc21.CCc1cc(C)[nH]c(=O)c1CNC(=O)c1cc(-c2ccc(C(C)C)nc2)cc2c1cnn2C(C)C. The quantitative estimate of drug-likeness (QED) is 0.0829. The van der Waals surface area contributed by atoms with Gasteiger partial charge in [-0.25, -0.2) is 0 Å². The molecule has 0 radical (unpaired) electrons. The number of carbonyl (C=O) groups is 2. The molecule has 0 bridgehead atoms. The Morgan fingerprint density at radius 3 is 1.50 bits per heavy atom. The molecule has 0 saturated carbocycles. The fourth-order valence-corrected chi connectivity index (χ4v) is 8.69. The van der Waals surface area contributed by atoms with Crippen LogP contribution in [-0.4, -0.2) is 51.3 Å². The summed E-state index contributed by atoms with van der Waals surface area (Å²) in [7, 11) is 0. The number of nitrogens with zero attached hydrogens (tertiary/aromatic N) is 6. The Morgan fingerprint density at radius 1 is 0.586 bits per heavy atom. The molecule has 6 aromatic heterocycles. The number of carbonyl (C=O) groups excluding carboxylic acids is 2. The predicted molar refractivity (Wildman–Crippen MR) is 280 cm³/mol. The normalized spacial score (nSPS) is 11.9. The first-order valence-electron chi connectivity index (χ1n) is 24.3. The van der Waals surface area contributed by atoms with Crippen LogP contribution in [0.2, 0.25) is 0 Å². The van der Waals surface area contributed by atoms with Crippen LogP contribution in [0.25, 0.3) is 44.1 Å². The van der Waals surface area contributed by atoms with Gasteiger partial charge in [0.1, 0.15) is 0 Å². The molecule has 4 N–H and O–H groups in total. The average molecular weight is 943 g/mol. The van der Waals surface area contributed by atoms with E-state index >= 15 is 0 Å². The predicted octanol–water partition coefficient (Wildman–Crippen LogP) is 10.7. The summed E-state index contributed by atoms with van der Waals surface area (Å²) in [6.07, 6.45) is 8.85. The fourth-order valence-electron chi connectivity index (χ4n) is 8.69. The fraction of sp³-hybridized carbons (Fsp3) is 0.357. The molecule has 8 rings (SSSR count). The van der Waals surface area contributed by atoms with E-state index in [2.05, 4.69) is 108 Å². The summed E-state index contributed by atoms with van der Waals surface area (Å²) in [6.45, 7) is 24.7. The van der Waals surface area contributed by atoms with E-state index < -0.39 is 0 Å². The Balaban J connectivity index is 0.000000206. The van der Waals surface area contributed by atoms with Crippen molar-refractivity contribution in [2.75, 3.05) is 0 Å². The number of hydrogen-bond donors (Lipinski definition) is 4. The van der Waals surface area contributed by atoms with Crippen molar-refractivity contribution in [1.82, 2.24) is 50.1 Å². The third-order valence-electron chi connectivity index (χ3n) is 12.9. The maximum Gasteiger partial charge on any atom is 0.253 e. The van der Waals surface area contributed by atoms with Crippen molar-refractivity contribution in [2.45, 2.75) is 133 Å². The van der Waals surface area contributed by atoms with Crippen molar-refractivity contribution in [3.05, 3.63) is 162 Å². The van der Waals surface area contributed by atoms with Crippen LogP contribution in [0.4, 0.5) is 0 Å². The van der Waals surface area contributed by atoms with E-state index in [0.717, 1.165) is 90.8 Å². The molecule has 8 aromatic rings. The van der Waals surface area contributed by atoms with Crippen LogP contribution in [0, 0.1) is 20.8 Å². The molecular weight excluding hydrogens is 877 g/mol. The van der Waals surface area contributed by atoms with Crippen LogP contribution >= 0.6 is 0 Å². The number of pyridine rings is 4. The minimum atomic E-state index is -0.244. The standard InChI is InChI=1S/2C28H33N5O2/c1-7-19(6)33-26-12-21(20-8-9-25(16(2)3)29-13-20)11-22(24(26)15-31-33)27(34)30-14-23-17(4)10-18(5)32-28(23)35;1-7-19-10-18(6)32-28(35)23(19)14-30-27(34)22-11-21(20-8-9-25(16(2)3)29-13-20)12-26-24(22)15-31-33(26)17(4)5/h8-13,15-16,19H,7,14H2,1-6H3,(H,30,34)(H,32,35);8-13,15-17H,7,14H2,1-6H3,(H,30,34)(H,32,35). The second-order valence-electron chi connectivity index (χ2n) is 19.1. The molecule has 364 valence electrons. The van der Waals surface area contributed by atoms with E-state index in [0.29, 0.717) is 34.1 Å². The van der Waals surface area contributed by atoms with E-state index in [1.54, 1.807) is 12.4 Å². The molecular formula is C56H66N10O4. The van der Waals surface area contributed by atoms with Crippen molar-refractivity contribution >= 4 is 33.6 Å². The lowest BCUT2D eigenvalue weighted by molar-refractivity contribution is 0.0944. The molecule has 2 aromatic carbocycles. The largest absolute Gasteiger partial charge is 0.348 e. The molecule has 14 heteroatoms. The molecule has 0 spiro atoms. The zero-order valence-corrected chi connectivity index (χ0v) is 42.5. The number of amides is 2. The average Bonchev–Trinajstić information content (AvgIpc) is 3.97. The molecule has 70 heavy (non-hydrogen) atoms. The van der Waals surface area contributed by atoms with Crippen LogP contribution in [0.15, 0.2) is 95.0 Å². The van der Waals surface area contributed by atoms with Crippen LogP contribution in [0.3, 0.4) is 0 Å². The number of rotatable bonds is 14. The van der Waals surface area contributed by atoms with E-state index in [1.165, 1.54) is 0 Å². The van der Waals surface area contributed by atoms with Crippen molar-refractivity contribution in [2.24, 2.45) is 0 Å². The molecule has 0 saturated heterocycles. The highest BCUT2D eigenvalue weighted by Crippen LogP contribution is 2.32. The Labute approximate surface area is 409 Å². The summed E-state index contributed by atoms with van der Waals surface area (Å²) in [5.74, 6) is 0.196. The number of fused-ring (bicyclic) bond motifs is 2. The number of aryl methyl sites for hydroxylation is 4. The van der Waals surface area contributed by atoms with Crippen molar-refractivity contribution in [1.29, 1.82) is 0 Å². The second kappa shape index (κ2) is 21.4. The van der Waals surface area contributed by atoms with Gasteiger partial charge in [0.15, 0.2) is 0 Å². The molecule has 1 atom stereocenters. The Hall–Kier alpha value is -7.48. The van der Waals surface area contributed by atoms with Gasteiger partial charge in [0.05, 0.1) is 34.6 Å². The number of H-pyrrole nitrogens is 2. The second-order valence-corrected chi connectivity index (χ2v) is 19.1. The van der Waals surface area contributed by atoms with Gasteiger partial charge < -0.3 is 20.6 Å². The van der Waals surface area contributed by atoms with Gasteiger partial charge in [0.2, 0.25) is 0 Å². The first kappa shape index (κ1) is 50.4. The van der Waals surface area contributed by atoms with E-state index in [1.807, 2.05) is 98.0 Å². The van der Waals surface area contributed by atoms with Gasteiger partial charge in [-0.2, -0.15) is 10.2 Å². The topological polar surface area (TPSA) is 185 Å². The van der Waals surface area contributed by atoms with Crippen LogP contribution < -0.4 is 21.8 Å². The Morgan fingerprint density at radius 2 is 1.06 bits per heavy atom. The molecule has 14 nitrogen and oxygen atoms in total. The maximum atomic E-state index is 13.4. The third kappa shape index (κ3) is 10.9. The lowest BCUT2D eigenvalue weighted by atomic mass is 9.99. The smallest absolute Gasteiger partial charge is 0.253 e. The summed E-state index contributed by atoms with van der Waals surface area (Å²) in [4.78, 5) is 66.7. The zero-order valence-electron chi connectivity index (χ0n) is 42.5. The number of aromatic nitrogens is 8. The Bertz CT molecular complexity index is 3300. The molecule has 0 aliphatic heterocycles. The van der Waals surface area contributed by atoms with Crippen molar-refractivity contribution in [3.63, 3.8) is 0 Å². The third-order valence-corrected chi connectivity index (χ3v) is 12.9. The van der Waals surface area contributed by atoms with E-state index in [9.17, 15) is 19.2 Å². The number of benzene rings is 2. The monoisotopic (exact) mass is 943 g/mol. The summed E-state index contributed by atoms with van der Waals surface area (Å²) in [5.41, 5.74) is 12.8. The van der Waals surface area contributed by atoms with Crippen molar-refractivity contribution in [3.8, 4) is 22.3 Å².